The lowest BCUT2D eigenvalue weighted by atomic mass is 10.2. The Labute approximate surface area is 153 Å². The minimum atomic E-state index is 0.520. The summed E-state index contributed by atoms with van der Waals surface area (Å²) in [5, 5.41) is 0.728. The Morgan fingerprint density at radius 2 is 1.92 bits per heavy atom. The summed E-state index contributed by atoms with van der Waals surface area (Å²) in [5.41, 5.74) is 3.18. The van der Waals surface area contributed by atoms with Crippen molar-refractivity contribution in [3.8, 4) is 0 Å². The smallest absolute Gasteiger partial charge is 0.210 e. The fourth-order valence-corrected chi connectivity index (χ4v) is 3.03. The number of carbonyl (C=O) groups excluding carboxylic acids is 1. The van der Waals surface area contributed by atoms with Gasteiger partial charge in [0, 0.05) is 18.1 Å². The lowest BCUT2D eigenvalue weighted by molar-refractivity contribution is -0.118. The van der Waals surface area contributed by atoms with Crippen LogP contribution < -0.4 is 0 Å². The lowest BCUT2D eigenvalue weighted by Gasteiger charge is -2.18. The van der Waals surface area contributed by atoms with E-state index in [4.69, 9.17) is 16.6 Å². The largest absolute Gasteiger partial charge is 0.338 e. The molecule has 3 rings (SSSR count). The highest BCUT2D eigenvalue weighted by atomic mass is 35.5. The lowest BCUT2D eigenvalue weighted by Crippen LogP contribution is -2.24. The van der Waals surface area contributed by atoms with Gasteiger partial charge in [0.15, 0.2) is 0 Å². The maximum absolute atomic E-state index is 11.4. The van der Waals surface area contributed by atoms with E-state index in [2.05, 4.69) is 17.6 Å². The Morgan fingerprint density at radius 3 is 2.64 bits per heavy atom. The highest BCUT2D eigenvalue weighted by Gasteiger charge is 2.13. The average Bonchev–Trinajstić information content (AvgIpc) is 2.98. The van der Waals surface area contributed by atoms with Crippen molar-refractivity contribution in [2.45, 2.75) is 32.9 Å². The molecule has 1 amide bonds. The number of hydrogen-bond donors (Lipinski definition) is 0. The summed E-state index contributed by atoms with van der Waals surface area (Å²) < 4.78 is 2.18. The van der Waals surface area contributed by atoms with Crippen molar-refractivity contribution in [1.82, 2.24) is 14.5 Å². The third kappa shape index (κ3) is 4.20. The summed E-state index contributed by atoms with van der Waals surface area (Å²) in [4.78, 5) is 18.0. The molecule has 0 bridgehead atoms. The maximum atomic E-state index is 11.4. The summed E-state index contributed by atoms with van der Waals surface area (Å²) in [6.07, 6.45) is 2.98. The van der Waals surface area contributed by atoms with Crippen LogP contribution in [-0.4, -0.2) is 27.4 Å². The number of amides is 1. The van der Waals surface area contributed by atoms with Crippen LogP contribution in [0.15, 0.2) is 48.5 Å². The van der Waals surface area contributed by atoms with Crippen LogP contribution in [0.1, 0.15) is 31.2 Å². The number of carbonyl (C=O) groups is 1. The van der Waals surface area contributed by atoms with Crippen LogP contribution in [0.2, 0.25) is 5.02 Å². The highest BCUT2D eigenvalue weighted by Crippen LogP contribution is 2.20. The molecular weight excluding hydrogens is 334 g/mol. The third-order valence-electron chi connectivity index (χ3n) is 4.28. The van der Waals surface area contributed by atoms with E-state index in [-0.39, 0.29) is 0 Å². The molecule has 4 nitrogen and oxygen atoms in total. The van der Waals surface area contributed by atoms with E-state index in [0.29, 0.717) is 13.1 Å². The number of hydrogen-bond acceptors (Lipinski definition) is 2. The SMILES string of the molecule is CCCCN(C=O)Cc1nc2ccccc2n1Cc1ccc(Cl)cc1. The molecule has 0 spiro atoms. The Hall–Kier alpha value is -2.33. The molecule has 1 heterocycles. The van der Waals surface area contributed by atoms with Gasteiger partial charge in [-0.05, 0) is 36.2 Å². The van der Waals surface area contributed by atoms with E-state index < -0.39 is 0 Å². The minimum Gasteiger partial charge on any atom is -0.338 e. The zero-order chi connectivity index (χ0) is 17.6. The zero-order valence-electron chi connectivity index (χ0n) is 14.4. The number of rotatable bonds is 8. The Bertz CT molecular complexity index is 842. The zero-order valence-corrected chi connectivity index (χ0v) is 15.1. The second-order valence-electron chi connectivity index (χ2n) is 6.16. The molecule has 0 aliphatic heterocycles. The van der Waals surface area contributed by atoms with Crippen LogP contribution in [0, 0.1) is 0 Å². The summed E-state index contributed by atoms with van der Waals surface area (Å²) >= 11 is 5.99. The first-order chi connectivity index (χ1) is 12.2. The van der Waals surface area contributed by atoms with E-state index in [1.165, 1.54) is 0 Å². The number of para-hydroxylation sites is 2. The molecule has 0 fully saturated rings. The Balaban J connectivity index is 1.93. The molecule has 25 heavy (non-hydrogen) atoms. The Kier molecular flexibility index (Phi) is 5.71. The van der Waals surface area contributed by atoms with E-state index >= 15 is 0 Å². The normalized spacial score (nSPS) is 11.0. The van der Waals surface area contributed by atoms with Gasteiger partial charge in [-0.25, -0.2) is 4.98 Å². The van der Waals surface area contributed by atoms with Crippen molar-refractivity contribution in [3.63, 3.8) is 0 Å². The fraction of sp³-hybridized carbons (Fsp3) is 0.300. The number of unbranched alkanes of at least 4 members (excludes halogenated alkanes) is 1. The van der Waals surface area contributed by atoms with Crippen LogP contribution >= 0.6 is 11.6 Å². The van der Waals surface area contributed by atoms with Gasteiger partial charge in [-0.2, -0.15) is 0 Å². The van der Waals surface area contributed by atoms with E-state index in [9.17, 15) is 4.79 Å². The molecule has 1 aromatic heterocycles. The summed E-state index contributed by atoms with van der Waals surface area (Å²) in [6, 6.07) is 15.9. The van der Waals surface area contributed by atoms with Gasteiger partial charge in [-0.15, -0.1) is 0 Å². The van der Waals surface area contributed by atoms with Crippen molar-refractivity contribution < 1.29 is 4.79 Å². The molecule has 0 aliphatic rings. The van der Waals surface area contributed by atoms with Crippen LogP contribution in [0.25, 0.3) is 11.0 Å². The van der Waals surface area contributed by atoms with Crippen molar-refractivity contribution in [3.05, 3.63) is 64.9 Å². The first-order valence-corrected chi connectivity index (χ1v) is 8.97. The number of halogens is 1. The molecule has 2 aromatic carbocycles. The maximum Gasteiger partial charge on any atom is 0.210 e. The predicted octanol–water partition coefficient (Wildman–Crippen LogP) is 4.50. The van der Waals surface area contributed by atoms with Gasteiger partial charge in [0.05, 0.1) is 17.6 Å². The number of imidazole rings is 1. The summed E-state index contributed by atoms with van der Waals surface area (Å²) in [7, 11) is 0. The second-order valence-corrected chi connectivity index (χ2v) is 6.60. The van der Waals surface area contributed by atoms with Gasteiger partial charge < -0.3 is 9.47 Å². The molecule has 5 heteroatoms. The Morgan fingerprint density at radius 1 is 1.16 bits per heavy atom. The molecule has 0 saturated carbocycles. The van der Waals surface area contributed by atoms with Crippen molar-refractivity contribution in [2.75, 3.05) is 6.54 Å². The van der Waals surface area contributed by atoms with E-state index in [1.807, 2.05) is 42.5 Å². The molecule has 130 valence electrons. The fourth-order valence-electron chi connectivity index (χ4n) is 2.91. The van der Waals surface area contributed by atoms with Gasteiger partial charge in [-0.1, -0.05) is 49.2 Å². The number of fused-ring (bicyclic) bond motifs is 1. The monoisotopic (exact) mass is 355 g/mol. The third-order valence-corrected chi connectivity index (χ3v) is 4.53. The molecule has 0 radical (unpaired) electrons. The van der Waals surface area contributed by atoms with Gasteiger partial charge in [0.25, 0.3) is 0 Å². The van der Waals surface area contributed by atoms with Gasteiger partial charge in [0.2, 0.25) is 6.41 Å². The van der Waals surface area contributed by atoms with Gasteiger partial charge in [-0.3, -0.25) is 4.79 Å². The molecule has 0 saturated heterocycles. The predicted molar refractivity (Wildman–Crippen MR) is 102 cm³/mol. The second kappa shape index (κ2) is 8.17. The highest BCUT2D eigenvalue weighted by molar-refractivity contribution is 6.30. The molecule has 3 aromatic rings. The van der Waals surface area contributed by atoms with Crippen molar-refractivity contribution >= 4 is 29.0 Å². The quantitative estimate of drug-likeness (QED) is 0.558. The van der Waals surface area contributed by atoms with E-state index in [0.717, 1.165) is 53.2 Å². The first kappa shape index (κ1) is 17.5. The van der Waals surface area contributed by atoms with Gasteiger partial charge in [0.1, 0.15) is 5.82 Å². The first-order valence-electron chi connectivity index (χ1n) is 8.59. The van der Waals surface area contributed by atoms with Gasteiger partial charge >= 0.3 is 0 Å². The van der Waals surface area contributed by atoms with E-state index in [1.54, 1.807) is 4.90 Å². The van der Waals surface area contributed by atoms with Crippen molar-refractivity contribution in [2.24, 2.45) is 0 Å². The summed E-state index contributed by atoms with van der Waals surface area (Å²) in [6.45, 7) is 4.10. The standard InChI is InChI=1S/C20H22ClN3O/c1-2-3-12-23(15-25)14-20-22-18-6-4-5-7-19(18)24(20)13-16-8-10-17(21)11-9-16/h4-11,15H,2-3,12-14H2,1H3. The van der Waals surface area contributed by atoms with Crippen molar-refractivity contribution in [1.29, 1.82) is 0 Å². The van der Waals surface area contributed by atoms with Crippen LogP contribution in [0.3, 0.4) is 0 Å². The van der Waals surface area contributed by atoms with Crippen LogP contribution in [0.4, 0.5) is 0 Å². The number of aromatic nitrogens is 2. The average molecular weight is 356 g/mol. The molecule has 0 aliphatic carbocycles. The minimum absolute atomic E-state index is 0.520. The molecule has 0 N–H and O–H groups in total. The number of benzene rings is 2. The van der Waals surface area contributed by atoms with Crippen LogP contribution in [-0.2, 0) is 17.9 Å². The molecule has 0 unspecified atom stereocenters. The molecular formula is C20H22ClN3O. The van der Waals surface area contributed by atoms with Crippen LogP contribution in [0.5, 0.6) is 0 Å². The number of nitrogens with zero attached hydrogens (tertiary/aromatic N) is 3. The molecule has 0 atom stereocenters. The topological polar surface area (TPSA) is 38.1 Å². The summed E-state index contributed by atoms with van der Waals surface area (Å²) in [5.74, 6) is 0.902.